The van der Waals surface area contributed by atoms with Crippen molar-refractivity contribution in [3.05, 3.63) is 12.3 Å². The minimum atomic E-state index is -0.219. The van der Waals surface area contributed by atoms with E-state index in [0.717, 1.165) is 12.8 Å². The number of piperidine rings is 1. The summed E-state index contributed by atoms with van der Waals surface area (Å²) in [4.78, 5) is 13.5. The third-order valence-electron chi connectivity index (χ3n) is 3.06. The minimum Gasteiger partial charge on any atom is -0.447 e. The van der Waals surface area contributed by atoms with Crippen LogP contribution >= 0.6 is 0 Å². The largest absolute Gasteiger partial charge is 0.447 e. The number of hydrogen-bond acceptors (Lipinski definition) is 4. The number of carbonyl (C=O) groups excluding carboxylic acids is 1. The number of likely N-dealkylation sites (tertiary alicyclic amines) is 1. The highest BCUT2D eigenvalue weighted by Gasteiger charge is 2.25. The quantitative estimate of drug-likeness (QED) is 0.868. The Morgan fingerprint density at radius 3 is 2.67 bits per heavy atom. The summed E-state index contributed by atoms with van der Waals surface area (Å²) in [6, 6.07) is 2.12. The van der Waals surface area contributed by atoms with Crippen molar-refractivity contribution in [3.63, 3.8) is 0 Å². The average molecular weight is 252 g/mol. The van der Waals surface area contributed by atoms with Gasteiger partial charge in [-0.05, 0) is 32.8 Å². The summed E-state index contributed by atoms with van der Waals surface area (Å²) in [5.74, 6) is 0.539. The number of hydrogen-bond donors (Lipinski definition) is 1. The van der Waals surface area contributed by atoms with Crippen molar-refractivity contribution in [2.24, 2.45) is 0 Å². The summed E-state index contributed by atoms with van der Waals surface area (Å²) in [5.41, 5.74) is 5.60. The molecule has 0 aliphatic carbocycles. The summed E-state index contributed by atoms with van der Waals surface area (Å²) in [6.07, 6.45) is 3.37. The van der Waals surface area contributed by atoms with Gasteiger partial charge >= 0.3 is 6.09 Å². The second kappa shape index (κ2) is 5.29. The fourth-order valence-electron chi connectivity index (χ4n) is 2.15. The molecular weight excluding hydrogens is 232 g/mol. The van der Waals surface area contributed by atoms with E-state index in [4.69, 9.17) is 10.5 Å². The summed E-state index contributed by atoms with van der Waals surface area (Å²) < 4.78 is 7.07. The molecule has 1 aliphatic rings. The van der Waals surface area contributed by atoms with Crippen LogP contribution in [0.15, 0.2) is 12.3 Å². The Morgan fingerprint density at radius 1 is 1.50 bits per heavy atom. The summed E-state index contributed by atoms with van der Waals surface area (Å²) in [7, 11) is 0. The third kappa shape index (κ3) is 2.94. The molecule has 6 nitrogen and oxygen atoms in total. The fraction of sp³-hybridized carbons (Fsp3) is 0.667. The van der Waals surface area contributed by atoms with Gasteiger partial charge in [-0.15, -0.1) is 0 Å². The predicted molar refractivity (Wildman–Crippen MR) is 68.1 cm³/mol. The Kier molecular flexibility index (Phi) is 3.74. The number of aromatic nitrogens is 2. The number of nitrogens with two attached hydrogens (primary N) is 1. The Labute approximate surface area is 107 Å². The highest BCUT2D eigenvalue weighted by Crippen LogP contribution is 2.22. The number of anilines is 1. The molecule has 1 aromatic rings. The van der Waals surface area contributed by atoms with Crippen molar-refractivity contribution >= 4 is 11.9 Å². The first-order chi connectivity index (χ1) is 8.56. The SMILES string of the molecule is CC(C)OC(=O)N1CCC(n2ccc(N)n2)CC1. The first-order valence-corrected chi connectivity index (χ1v) is 6.32. The van der Waals surface area contributed by atoms with Gasteiger partial charge in [-0.2, -0.15) is 5.10 Å². The number of nitrogen functional groups attached to an aromatic ring is 1. The fourth-order valence-corrected chi connectivity index (χ4v) is 2.15. The van der Waals surface area contributed by atoms with Crippen molar-refractivity contribution in [1.29, 1.82) is 0 Å². The maximum Gasteiger partial charge on any atom is 0.410 e. The zero-order valence-electron chi connectivity index (χ0n) is 10.9. The van der Waals surface area contributed by atoms with Crippen LogP contribution < -0.4 is 5.73 Å². The maximum atomic E-state index is 11.7. The molecule has 0 aromatic carbocycles. The molecular formula is C12H20N4O2. The van der Waals surface area contributed by atoms with Crippen molar-refractivity contribution < 1.29 is 9.53 Å². The van der Waals surface area contributed by atoms with Crippen molar-refractivity contribution in [3.8, 4) is 0 Å². The first kappa shape index (κ1) is 12.7. The van der Waals surface area contributed by atoms with E-state index in [2.05, 4.69) is 5.10 Å². The van der Waals surface area contributed by atoms with E-state index in [-0.39, 0.29) is 12.2 Å². The highest BCUT2D eigenvalue weighted by molar-refractivity contribution is 5.67. The average Bonchev–Trinajstić information content (AvgIpc) is 2.75. The highest BCUT2D eigenvalue weighted by atomic mass is 16.6. The van der Waals surface area contributed by atoms with Crippen LogP contribution in [0.4, 0.5) is 10.6 Å². The van der Waals surface area contributed by atoms with E-state index >= 15 is 0 Å². The zero-order valence-corrected chi connectivity index (χ0v) is 10.9. The summed E-state index contributed by atoms with van der Waals surface area (Å²) >= 11 is 0. The smallest absolute Gasteiger partial charge is 0.410 e. The van der Waals surface area contributed by atoms with E-state index in [0.29, 0.717) is 24.9 Å². The molecule has 2 heterocycles. The Morgan fingerprint density at radius 2 is 2.17 bits per heavy atom. The Bertz CT molecular complexity index is 408. The lowest BCUT2D eigenvalue weighted by Gasteiger charge is -2.31. The second-order valence-corrected chi connectivity index (χ2v) is 4.87. The lowest BCUT2D eigenvalue weighted by Crippen LogP contribution is -2.40. The summed E-state index contributed by atoms with van der Waals surface area (Å²) in [6.45, 7) is 5.13. The summed E-state index contributed by atoms with van der Waals surface area (Å²) in [5, 5.41) is 4.21. The van der Waals surface area contributed by atoms with E-state index in [1.165, 1.54) is 0 Å². The first-order valence-electron chi connectivity index (χ1n) is 6.32. The molecule has 6 heteroatoms. The molecule has 0 atom stereocenters. The molecule has 1 aliphatic heterocycles. The van der Waals surface area contributed by atoms with E-state index in [9.17, 15) is 4.79 Å². The molecule has 100 valence electrons. The number of rotatable bonds is 2. The van der Waals surface area contributed by atoms with Gasteiger partial charge in [0.25, 0.3) is 0 Å². The van der Waals surface area contributed by atoms with Gasteiger partial charge in [0.2, 0.25) is 0 Å². The molecule has 1 amide bonds. The molecule has 2 rings (SSSR count). The zero-order chi connectivity index (χ0) is 13.1. The molecule has 0 radical (unpaired) electrons. The van der Waals surface area contributed by atoms with Gasteiger partial charge in [0, 0.05) is 19.3 Å². The van der Waals surface area contributed by atoms with E-state index in [1.807, 2.05) is 24.7 Å². The number of amides is 1. The maximum absolute atomic E-state index is 11.7. The van der Waals surface area contributed by atoms with Gasteiger partial charge in [0.15, 0.2) is 0 Å². The molecule has 0 unspecified atom stereocenters. The normalized spacial score (nSPS) is 17.2. The van der Waals surface area contributed by atoms with Crippen LogP contribution in [0.5, 0.6) is 0 Å². The topological polar surface area (TPSA) is 73.4 Å². The molecule has 1 aromatic heterocycles. The standard InChI is InChI=1S/C12H20N4O2/c1-9(2)18-12(17)15-6-3-10(4-7-15)16-8-5-11(13)14-16/h5,8-10H,3-4,6-7H2,1-2H3,(H2,13,14). The van der Waals surface area contributed by atoms with Gasteiger partial charge in [-0.25, -0.2) is 4.79 Å². The van der Waals surface area contributed by atoms with Crippen LogP contribution in [0.25, 0.3) is 0 Å². The monoisotopic (exact) mass is 252 g/mol. The molecule has 1 saturated heterocycles. The van der Waals surface area contributed by atoms with Crippen molar-refractivity contribution in [2.75, 3.05) is 18.8 Å². The van der Waals surface area contributed by atoms with Gasteiger partial charge in [0.05, 0.1) is 12.1 Å². The van der Waals surface area contributed by atoms with Crippen LogP contribution in [-0.4, -0.2) is 40.0 Å². The van der Waals surface area contributed by atoms with Crippen LogP contribution in [0.3, 0.4) is 0 Å². The van der Waals surface area contributed by atoms with E-state index < -0.39 is 0 Å². The molecule has 18 heavy (non-hydrogen) atoms. The second-order valence-electron chi connectivity index (χ2n) is 4.87. The number of ether oxygens (including phenoxy) is 1. The van der Waals surface area contributed by atoms with Crippen LogP contribution in [0.2, 0.25) is 0 Å². The van der Waals surface area contributed by atoms with Gasteiger partial charge < -0.3 is 15.4 Å². The van der Waals surface area contributed by atoms with Crippen LogP contribution in [-0.2, 0) is 4.74 Å². The van der Waals surface area contributed by atoms with E-state index in [1.54, 1.807) is 11.0 Å². The van der Waals surface area contributed by atoms with Gasteiger partial charge in [-0.3, -0.25) is 4.68 Å². The van der Waals surface area contributed by atoms with Gasteiger partial charge in [0.1, 0.15) is 5.82 Å². The van der Waals surface area contributed by atoms with Crippen LogP contribution in [0, 0.1) is 0 Å². The third-order valence-corrected chi connectivity index (χ3v) is 3.06. The van der Waals surface area contributed by atoms with Crippen LogP contribution in [0.1, 0.15) is 32.7 Å². The number of carbonyl (C=O) groups is 1. The lowest BCUT2D eigenvalue weighted by molar-refractivity contribution is 0.0653. The molecule has 2 N–H and O–H groups in total. The Balaban J connectivity index is 1.86. The molecule has 0 saturated carbocycles. The molecule has 0 spiro atoms. The van der Waals surface area contributed by atoms with Crippen molar-refractivity contribution in [1.82, 2.24) is 14.7 Å². The minimum absolute atomic E-state index is 0.0684. The molecule has 0 bridgehead atoms. The molecule has 1 fully saturated rings. The lowest BCUT2D eigenvalue weighted by atomic mass is 10.1. The predicted octanol–water partition coefficient (Wildman–Crippen LogP) is 1.65. The Hall–Kier alpha value is -1.72. The van der Waals surface area contributed by atoms with Gasteiger partial charge in [-0.1, -0.05) is 0 Å². The van der Waals surface area contributed by atoms with Crippen molar-refractivity contribution in [2.45, 2.75) is 38.8 Å². The number of nitrogens with zero attached hydrogens (tertiary/aromatic N) is 3.